The molecule has 172 valence electrons. The molecule has 1 N–H and O–H groups in total. The van der Waals surface area contributed by atoms with Crippen LogP contribution in [0.25, 0.3) is 6.08 Å². The lowest BCUT2D eigenvalue weighted by Crippen LogP contribution is -2.44. The number of ether oxygens (including phenoxy) is 2. The molecule has 1 amide bonds. The summed E-state index contributed by atoms with van der Waals surface area (Å²) in [6.45, 7) is 4.04. The van der Waals surface area contributed by atoms with Crippen LogP contribution in [0.4, 0.5) is 4.39 Å². The Hall–Kier alpha value is -3.03. The van der Waals surface area contributed by atoms with E-state index in [1.807, 2.05) is 36.6 Å². The van der Waals surface area contributed by atoms with Crippen LogP contribution in [-0.4, -0.2) is 30.6 Å². The van der Waals surface area contributed by atoms with Gasteiger partial charge in [-0.2, -0.15) is 0 Å². The third kappa shape index (κ3) is 6.06. The second-order valence-electron chi connectivity index (χ2n) is 8.14. The van der Waals surface area contributed by atoms with Gasteiger partial charge in [-0.05, 0) is 49.6 Å². The number of rotatable bonds is 8. The number of halogens is 1. The fraction of sp³-hybridized carbons (Fsp3) is 0.308. The molecule has 1 aliphatic rings. The van der Waals surface area contributed by atoms with Crippen molar-refractivity contribution >= 4 is 23.3 Å². The average molecular weight is 467 g/mol. The fourth-order valence-electron chi connectivity index (χ4n) is 3.99. The molecule has 1 aromatic heterocycles. The van der Waals surface area contributed by atoms with E-state index in [4.69, 9.17) is 9.47 Å². The molecule has 0 spiro atoms. The number of thiazole rings is 1. The van der Waals surface area contributed by atoms with Crippen molar-refractivity contribution in [3.05, 3.63) is 87.6 Å². The molecule has 5 nitrogen and oxygen atoms in total. The van der Waals surface area contributed by atoms with Gasteiger partial charge in [-0.25, -0.2) is 9.37 Å². The number of aromatic nitrogens is 1. The molecule has 1 fully saturated rings. The lowest BCUT2D eigenvalue weighted by molar-refractivity contribution is -0.116. The van der Waals surface area contributed by atoms with Gasteiger partial charge in [0, 0.05) is 42.2 Å². The second kappa shape index (κ2) is 10.7. The molecule has 0 unspecified atom stereocenters. The Morgan fingerprint density at radius 2 is 1.97 bits per heavy atom. The minimum absolute atomic E-state index is 0.187. The summed E-state index contributed by atoms with van der Waals surface area (Å²) in [5, 5.41) is 6.01. The third-order valence-electron chi connectivity index (χ3n) is 5.88. The summed E-state index contributed by atoms with van der Waals surface area (Å²) >= 11 is 1.59. The molecule has 0 radical (unpaired) electrons. The normalized spacial score (nSPS) is 15.5. The number of nitrogens with zero attached hydrogens (tertiary/aromatic N) is 1. The van der Waals surface area contributed by atoms with E-state index in [2.05, 4.69) is 10.3 Å². The molecule has 7 heteroatoms. The number of aryl methyl sites for hydroxylation is 1. The first-order chi connectivity index (χ1) is 16.0. The first kappa shape index (κ1) is 23.1. The predicted octanol–water partition coefficient (Wildman–Crippen LogP) is 5.05. The molecule has 33 heavy (non-hydrogen) atoms. The zero-order chi connectivity index (χ0) is 23.1. The fourth-order valence-corrected chi connectivity index (χ4v) is 4.59. The van der Waals surface area contributed by atoms with Crippen LogP contribution in [-0.2, 0) is 21.6 Å². The Labute approximate surface area is 197 Å². The van der Waals surface area contributed by atoms with E-state index >= 15 is 0 Å². The van der Waals surface area contributed by atoms with Gasteiger partial charge in [-0.1, -0.05) is 30.3 Å². The predicted molar refractivity (Wildman–Crippen MR) is 128 cm³/mol. The van der Waals surface area contributed by atoms with E-state index in [0.29, 0.717) is 32.1 Å². The van der Waals surface area contributed by atoms with Crippen LogP contribution in [0, 0.1) is 12.7 Å². The summed E-state index contributed by atoms with van der Waals surface area (Å²) in [5.41, 5.74) is 2.46. The van der Waals surface area contributed by atoms with Crippen molar-refractivity contribution in [3.63, 3.8) is 0 Å². The second-order valence-corrected chi connectivity index (χ2v) is 9.20. The van der Waals surface area contributed by atoms with Crippen molar-refractivity contribution in [1.82, 2.24) is 10.3 Å². The van der Waals surface area contributed by atoms with Gasteiger partial charge in [0.2, 0.25) is 5.91 Å². The van der Waals surface area contributed by atoms with Crippen molar-refractivity contribution < 1.29 is 18.7 Å². The molecule has 1 saturated heterocycles. The molecule has 3 aromatic rings. The zero-order valence-corrected chi connectivity index (χ0v) is 19.4. The average Bonchev–Trinajstić information content (AvgIpc) is 3.26. The standard InChI is InChI=1S/C26H27FN2O3S/c1-19-29-23(17-33-19)16-32-24-5-3-2-4-20(24)6-11-25(30)28-18-26(12-14-31-15-13-26)21-7-9-22(27)10-8-21/h2-11,17H,12-16,18H2,1H3,(H,28,30). The molecular weight excluding hydrogens is 439 g/mol. The van der Waals surface area contributed by atoms with E-state index in [1.54, 1.807) is 29.5 Å². The van der Waals surface area contributed by atoms with E-state index in [0.717, 1.165) is 34.7 Å². The van der Waals surface area contributed by atoms with Crippen LogP contribution in [0.2, 0.25) is 0 Å². The molecule has 0 bridgehead atoms. The summed E-state index contributed by atoms with van der Waals surface area (Å²) in [6, 6.07) is 14.1. The zero-order valence-electron chi connectivity index (χ0n) is 18.6. The van der Waals surface area contributed by atoms with Gasteiger partial charge in [-0.15, -0.1) is 11.3 Å². The highest BCUT2D eigenvalue weighted by Gasteiger charge is 2.34. The van der Waals surface area contributed by atoms with Gasteiger partial charge in [-0.3, -0.25) is 4.79 Å². The van der Waals surface area contributed by atoms with E-state index in [-0.39, 0.29) is 17.1 Å². The smallest absolute Gasteiger partial charge is 0.244 e. The maximum atomic E-state index is 13.4. The largest absolute Gasteiger partial charge is 0.487 e. The van der Waals surface area contributed by atoms with Gasteiger partial charge in [0.25, 0.3) is 0 Å². The number of hydrogen-bond donors (Lipinski definition) is 1. The minimum atomic E-state index is -0.265. The summed E-state index contributed by atoms with van der Waals surface area (Å²) < 4.78 is 24.9. The Bertz CT molecular complexity index is 1100. The SMILES string of the molecule is Cc1nc(COc2ccccc2C=CC(=O)NCC2(c3ccc(F)cc3)CCOCC2)cs1. The monoisotopic (exact) mass is 466 g/mol. The first-order valence-electron chi connectivity index (χ1n) is 11.0. The van der Waals surface area contributed by atoms with Gasteiger partial charge in [0.05, 0.1) is 10.7 Å². The van der Waals surface area contributed by atoms with Crippen molar-refractivity contribution in [2.24, 2.45) is 0 Å². The Balaban J connectivity index is 1.40. The Morgan fingerprint density at radius 3 is 2.70 bits per heavy atom. The van der Waals surface area contributed by atoms with Gasteiger partial charge in [0.15, 0.2) is 0 Å². The number of amides is 1. The third-order valence-corrected chi connectivity index (χ3v) is 6.71. The molecule has 0 saturated carbocycles. The van der Waals surface area contributed by atoms with Crippen LogP contribution >= 0.6 is 11.3 Å². The summed E-state index contributed by atoms with van der Waals surface area (Å²) in [6.07, 6.45) is 4.82. The highest BCUT2D eigenvalue weighted by atomic mass is 32.1. The number of nitrogens with one attached hydrogen (secondary N) is 1. The highest BCUT2D eigenvalue weighted by molar-refractivity contribution is 7.09. The van der Waals surface area contributed by atoms with Crippen LogP contribution in [0.3, 0.4) is 0 Å². The van der Waals surface area contributed by atoms with E-state index in [9.17, 15) is 9.18 Å². The van der Waals surface area contributed by atoms with Crippen molar-refractivity contribution in [2.45, 2.75) is 31.8 Å². The summed E-state index contributed by atoms with van der Waals surface area (Å²) in [5.74, 6) is 0.242. The number of hydrogen-bond acceptors (Lipinski definition) is 5. The van der Waals surface area contributed by atoms with Crippen LogP contribution in [0.1, 0.15) is 34.7 Å². The maximum Gasteiger partial charge on any atom is 0.244 e. The van der Waals surface area contributed by atoms with Crippen molar-refractivity contribution in [2.75, 3.05) is 19.8 Å². The molecule has 4 rings (SSSR count). The van der Waals surface area contributed by atoms with Crippen molar-refractivity contribution in [3.8, 4) is 5.75 Å². The summed E-state index contributed by atoms with van der Waals surface area (Å²) in [4.78, 5) is 17.1. The van der Waals surface area contributed by atoms with Gasteiger partial charge in [0.1, 0.15) is 18.2 Å². The number of carbonyl (C=O) groups is 1. The van der Waals surface area contributed by atoms with E-state index in [1.165, 1.54) is 18.2 Å². The van der Waals surface area contributed by atoms with Crippen LogP contribution < -0.4 is 10.1 Å². The molecular formula is C26H27FN2O3S. The maximum absolute atomic E-state index is 13.4. The van der Waals surface area contributed by atoms with Crippen molar-refractivity contribution in [1.29, 1.82) is 0 Å². The van der Waals surface area contributed by atoms with Crippen LogP contribution in [0.5, 0.6) is 5.75 Å². The number of para-hydroxylation sites is 1. The molecule has 0 aliphatic carbocycles. The van der Waals surface area contributed by atoms with Gasteiger partial charge >= 0.3 is 0 Å². The topological polar surface area (TPSA) is 60.5 Å². The first-order valence-corrected chi connectivity index (χ1v) is 11.8. The summed E-state index contributed by atoms with van der Waals surface area (Å²) in [7, 11) is 0. The minimum Gasteiger partial charge on any atom is -0.487 e. The lowest BCUT2D eigenvalue weighted by Gasteiger charge is -2.37. The Morgan fingerprint density at radius 1 is 1.21 bits per heavy atom. The highest BCUT2D eigenvalue weighted by Crippen LogP contribution is 2.34. The number of carbonyl (C=O) groups excluding carboxylic acids is 1. The lowest BCUT2D eigenvalue weighted by atomic mass is 9.74. The van der Waals surface area contributed by atoms with E-state index < -0.39 is 0 Å². The Kier molecular flexibility index (Phi) is 7.52. The van der Waals surface area contributed by atoms with Crippen LogP contribution in [0.15, 0.2) is 60.0 Å². The molecule has 2 heterocycles. The molecule has 0 atom stereocenters. The quantitative estimate of drug-likeness (QED) is 0.472. The molecule has 1 aliphatic heterocycles. The molecule has 2 aromatic carbocycles. The number of benzene rings is 2. The van der Waals surface area contributed by atoms with Gasteiger partial charge < -0.3 is 14.8 Å².